The average Bonchev–Trinajstić information content (AvgIpc) is 3.25. The molecule has 2 aromatic carbocycles. The van der Waals surface area contributed by atoms with E-state index in [0.717, 1.165) is 39.4 Å². The molecule has 0 unspecified atom stereocenters. The van der Waals surface area contributed by atoms with Gasteiger partial charge in [-0.25, -0.2) is 0 Å². The number of hydrogen-bond donors (Lipinski definition) is 0. The largest absolute Gasteiger partial charge is 0.337 e. The molecule has 0 aliphatic carbocycles. The van der Waals surface area contributed by atoms with Crippen molar-refractivity contribution in [3.63, 3.8) is 0 Å². The lowest BCUT2D eigenvalue weighted by Gasteiger charge is -2.15. The average molecular weight is 472 g/mol. The fourth-order valence-corrected chi connectivity index (χ4v) is 6.78. The number of para-hydroxylation sites is 1. The van der Waals surface area contributed by atoms with Crippen LogP contribution in [0.25, 0.3) is 0 Å². The first-order valence-corrected chi connectivity index (χ1v) is 12.7. The molecular weight excluding hydrogens is 450 g/mol. The SMILES string of the molecule is C=CCN1C(=O)C(=C2Sc3ccccc3N2C)SC1=NS(=O)(=O)c1ccc(CC)cc1. The first kappa shape index (κ1) is 21.7. The minimum atomic E-state index is -3.96. The molecule has 31 heavy (non-hydrogen) atoms. The van der Waals surface area contributed by atoms with Gasteiger partial charge in [0.25, 0.3) is 15.9 Å². The number of amidine groups is 1. The second-order valence-corrected chi connectivity index (χ2v) is 10.5. The smallest absolute Gasteiger partial charge is 0.284 e. The van der Waals surface area contributed by atoms with Gasteiger partial charge in [-0.2, -0.15) is 8.42 Å². The molecule has 0 saturated carbocycles. The van der Waals surface area contributed by atoms with E-state index in [2.05, 4.69) is 11.0 Å². The molecule has 160 valence electrons. The summed E-state index contributed by atoms with van der Waals surface area (Å²) in [6.45, 7) is 5.87. The minimum Gasteiger partial charge on any atom is -0.337 e. The summed E-state index contributed by atoms with van der Waals surface area (Å²) < 4.78 is 29.9. The summed E-state index contributed by atoms with van der Waals surface area (Å²) in [5.41, 5.74) is 2.05. The lowest BCUT2D eigenvalue weighted by atomic mass is 10.2. The van der Waals surface area contributed by atoms with E-state index in [1.54, 1.807) is 30.3 Å². The summed E-state index contributed by atoms with van der Waals surface area (Å²) in [6, 6.07) is 14.5. The first-order chi connectivity index (χ1) is 14.9. The molecule has 2 aromatic rings. The van der Waals surface area contributed by atoms with Crippen LogP contribution in [0.4, 0.5) is 5.69 Å². The number of benzene rings is 2. The highest BCUT2D eigenvalue weighted by molar-refractivity contribution is 8.19. The van der Waals surface area contributed by atoms with Crippen molar-refractivity contribution in [1.29, 1.82) is 0 Å². The number of amides is 1. The van der Waals surface area contributed by atoms with E-state index in [4.69, 9.17) is 0 Å². The molecule has 0 bridgehead atoms. The normalized spacial score (nSPS) is 19.9. The molecule has 2 heterocycles. The van der Waals surface area contributed by atoms with Gasteiger partial charge in [-0.3, -0.25) is 9.69 Å². The Morgan fingerprint density at radius 3 is 2.45 bits per heavy atom. The maximum atomic E-state index is 13.2. The van der Waals surface area contributed by atoms with Gasteiger partial charge in [0.2, 0.25) is 0 Å². The molecule has 2 aliphatic heterocycles. The highest BCUT2D eigenvalue weighted by atomic mass is 32.2. The van der Waals surface area contributed by atoms with Crippen LogP contribution in [0.5, 0.6) is 0 Å². The van der Waals surface area contributed by atoms with Gasteiger partial charge in [-0.1, -0.05) is 49.0 Å². The number of anilines is 1. The van der Waals surface area contributed by atoms with Crippen LogP contribution in [0.15, 0.2) is 85.3 Å². The van der Waals surface area contributed by atoms with Crippen LogP contribution in [0.1, 0.15) is 12.5 Å². The van der Waals surface area contributed by atoms with Gasteiger partial charge in [0.1, 0.15) is 4.91 Å². The molecule has 1 saturated heterocycles. The number of nitrogens with zero attached hydrogens (tertiary/aromatic N) is 3. The van der Waals surface area contributed by atoms with Crippen LogP contribution in [0.3, 0.4) is 0 Å². The Balaban J connectivity index is 1.73. The Labute approximate surface area is 190 Å². The number of carbonyl (C=O) groups excluding carboxylic acids is 1. The van der Waals surface area contributed by atoms with E-state index in [9.17, 15) is 13.2 Å². The second-order valence-electron chi connectivity index (χ2n) is 6.92. The highest BCUT2D eigenvalue weighted by Gasteiger charge is 2.39. The lowest BCUT2D eigenvalue weighted by Crippen LogP contribution is -2.30. The molecule has 2 aliphatic rings. The van der Waals surface area contributed by atoms with Gasteiger partial charge in [0.15, 0.2) is 5.17 Å². The fourth-order valence-electron chi connectivity index (χ4n) is 3.25. The van der Waals surface area contributed by atoms with Gasteiger partial charge in [-0.05, 0) is 48.0 Å². The molecular formula is C22H21N3O3S3. The molecule has 0 aromatic heterocycles. The second kappa shape index (κ2) is 8.57. The summed E-state index contributed by atoms with van der Waals surface area (Å²) in [5, 5.41) is 0.900. The summed E-state index contributed by atoms with van der Waals surface area (Å²) in [6.07, 6.45) is 2.38. The van der Waals surface area contributed by atoms with Crippen molar-refractivity contribution in [3.8, 4) is 0 Å². The van der Waals surface area contributed by atoms with Crippen molar-refractivity contribution in [2.75, 3.05) is 18.5 Å². The van der Waals surface area contributed by atoms with E-state index < -0.39 is 10.0 Å². The van der Waals surface area contributed by atoms with E-state index in [0.29, 0.717) is 4.91 Å². The van der Waals surface area contributed by atoms with Crippen LogP contribution in [0, 0.1) is 0 Å². The Morgan fingerprint density at radius 1 is 1.10 bits per heavy atom. The van der Waals surface area contributed by atoms with Crippen molar-refractivity contribution in [2.24, 2.45) is 4.40 Å². The van der Waals surface area contributed by atoms with Crippen molar-refractivity contribution < 1.29 is 13.2 Å². The molecule has 9 heteroatoms. The van der Waals surface area contributed by atoms with Crippen molar-refractivity contribution in [2.45, 2.75) is 23.1 Å². The molecule has 1 fully saturated rings. The molecule has 0 atom stereocenters. The standard InChI is InChI=1S/C22H21N3O3S3/c1-4-14-25-20(26)19(21-24(3)17-8-6-7-9-18(17)29-21)30-22(25)23-31(27,28)16-12-10-15(5-2)11-13-16/h4,6-13H,1,5,14H2,2-3H3. The number of aryl methyl sites for hydroxylation is 1. The minimum absolute atomic E-state index is 0.102. The Bertz CT molecular complexity index is 1220. The van der Waals surface area contributed by atoms with Gasteiger partial charge in [0.05, 0.1) is 15.6 Å². The van der Waals surface area contributed by atoms with Crippen LogP contribution in [-0.2, 0) is 21.2 Å². The number of rotatable bonds is 5. The zero-order valence-electron chi connectivity index (χ0n) is 17.1. The van der Waals surface area contributed by atoms with Crippen LogP contribution in [-0.4, -0.2) is 38.0 Å². The number of thioether (sulfide) groups is 2. The van der Waals surface area contributed by atoms with Crippen LogP contribution < -0.4 is 4.90 Å². The maximum absolute atomic E-state index is 13.2. The number of hydrogen-bond acceptors (Lipinski definition) is 6. The predicted octanol–water partition coefficient (Wildman–Crippen LogP) is 4.47. The number of fused-ring (bicyclic) bond motifs is 1. The quantitative estimate of drug-likeness (QED) is 0.474. The molecule has 6 nitrogen and oxygen atoms in total. The lowest BCUT2D eigenvalue weighted by molar-refractivity contribution is -0.121. The maximum Gasteiger partial charge on any atom is 0.284 e. The third kappa shape index (κ3) is 4.05. The predicted molar refractivity (Wildman–Crippen MR) is 128 cm³/mol. The van der Waals surface area contributed by atoms with E-state index in [-0.39, 0.29) is 22.5 Å². The van der Waals surface area contributed by atoms with Crippen molar-refractivity contribution >= 4 is 50.3 Å². The van der Waals surface area contributed by atoms with Crippen molar-refractivity contribution in [1.82, 2.24) is 4.90 Å². The summed E-state index contributed by atoms with van der Waals surface area (Å²) in [7, 11) is -2.06. The number of carbonyl (C=O) groups is 1. The monoisotopic (exact) mass is 471 g/mol. The Morgan fingerprint density at radius 2 is 1.81 bits per heavy atom. The van der Waals surface area contributed by atoms with Gasteiger partial charge < -0.3 is 4.90 Å². The third-order valence-corrected chi connectivity index (χ3v) is 8.76. The van der Waals surface area contributed by atoms with Gasteiger partial charge in [0, 0.05) is 18.5 Å². The molecule has 4 rings (SSSR count). The van der Waals surface area contributed by atoms with E-state index in [1.807, 2.05) is 43.1 Å². The van der Waals surface area contributed by atoms with Crippen LogP contribution in [0.2, 0.25) is 0 Å². The summed E-state index contributed by atoms with van der Waals surface area (Å²) in [4.78, 5) is 18.1. The third-order valence-electron chi connectivity index (χ3n) is 4.94. The number of sulfonamides is 1. The molecule has 0 radical (unpaired) electrons. The van der Waals surface area contributed by atoms with Crippen molar-refractivity contribution in [3.05, 3.63) is 76.7 Å². The zero-order valence-corrected chi connectivity index (χ0v) is 19.6. The van der Waals surface area contributed by atoms with Gasteiger partial charge in [-0.15, -0.1) is 11.0 Å². The topological polar surface area (TPSA) is 70.1 Å². The fraction of sp³-hybridized carbons (Fsp3) is 0.182. The summed E-state index contributed by atoms with van der Waals surface area (Å²) in [5.74, 6) is -0.276. The molecule has 1 amide bonds. The first-order valence-electron chi connectivity index (χ1n) is 9.65. The molecule has 0 spiro atoms. The van der Waals surface area contributed by atoms with Crippen LogP contribution >= 0.6 is 23.5 Å². The molecule has 0 N–H and O–H groups in total. The Kier molecular flexibility index (Phi) is 6.00. The zero-order chi connectivity index (χ0) is 22.2. The van der Waals surface area contributed by atoms with E-state index >= 15 is 0 Å². The van der Waals surface area contributed by atoms with E-state index in [1.165, 1.54) is 16.7 Å². The highest BCUT2D eigenvalue weighted by Crippen LogP contribution is 2.49. The van der Waals surface area contributed by atoms with Gasteiger partial charge >= 0.3 is 0 Å². The summed E-state index contributed by atoms with van der Waals surface area (Å²) >= 11 is 2.58. The Hall–Kier alpha value is -2.49.